The van der Waals surface area contributed by atoms with Crippen LogP contribution in [0.5, 0.6) is 0 Å². The van der Waals surface area contributed by atoms with Gasteiger partial charge in [0, 0.05) is 19.1 Å². The third-order valence-corrected chi connectivity index (χ3v) is 3.92. The van der Waals surface area contributed by atoms with Gasteiger partial charge in [0.15, 0.2) is 0 Å². The number of ether oxygens (including phenoxy) is 1. The van der Waals surface area contributed by atoms with Crippen molar-refractivity contribution in [3.63, 3.8) is 0 Å². The Kier molecular flexibility index (Phi) is 7.05. The molecular formula is C18H34N2O3. The van der Waals surface area contributed by atoms with Crippen LogP contribution in [0.15, 0.2) is 0 Å². The van der Waals surface area contributed by atoms with Crippen molar-refractivity contribution >= 4 is 11.9 Å². The van der Waals surface area contributed by atoms with E-state index in [2.05, 4.69) is 32.6 Å². The van der Waals surface area contributed by atoms with E-state index in [1.165, 1.54) is 0 Å². The average molecular weight is 326 g/mol. The lowest BCUT2D eigenvalue weighted by atomic mass is 10.1. The van der Waals surface area contributed by atoms with Gasteiger partial charge in [-0.05, 0) is 53.4 Å². The van der Waals surface area contributed by atoms with Crippen molar-refractivity contribution in [3.05, 3.63) is 0 Å². The smallest absolute Gasteiger partial charge is 0.329 e. The summed E-state index contributed by atoms with van der Waals surface area (Å²) < 4.78 is 5.47. The minimum absolute atomic E-state index is 0.0349. The molecule has 0 unspecified atom stereocenters. The molecule has 1 amide bonds. The van der Waals surface area contributed by atoms with Gasteiger partial charge in [-0.15, -0.1) is 0 Å². The third kappa shape index (κ3) is 6.50. The number of carbonyl (C=O) groups excluding carboxylic acids is 2. The molecular weight excluding hydrogens is 292 g/mol. The lowest BCUT2D eigenvalue weighted by Gasteiger charge is -2.32. The Morgan fingerprint density at radius 3 is 2.30 bits per heavy atom. The first-order valence-corrected chi connectivity index (χ1v) is 8.77. The summed E-state index contributed by atoms with van der Waals surface area (Å²) in [6.45, 7) is 16.0. The minimum Gasteiger partial charge on any atom is -0.458 e. The van der Waals surface area contributed by atoms with Gasteiger partial charge in [0.25, 0.3) is 0 Å². The van der Waals surface area contributed by atoms with Crippen LogP contribution in [0, 0.1) is 5.92 Å². The highest BCUT2D eigenvalue weighted by molar-refractivity contribution is 5.86. The summed E-state index contributed by atoms with van der Waals surface area (Å²) in [7, 11) is 0. The predicted molar refractivity (Wildman–Crippen MR) is 92.1 cm³/mol. The molecule has 1 atom stereocenters. The molecule has 0 saturated carbocycles. The van der Waals surface area contributed by atoms with Gasteiger partial charge in [0.05, 0.1) is 6.54 Å². The van der Waals surface area contributed by atoms with E-state index in [9.17, 15) is 9.59 Å². The van der Waals surface area contributed by atoms with Gasteiger partial charge in [0.2, 0.25) is 5.91 Å². The zero-order chi connectivity index (χ0) is 17.8. The van der Waals surface area contributed by atoms with E-state index in [1.807, 2.05) is 20.8 Å². The molecule has 5 nitrogen and oxygen atoms in total. The van der Waals surface area contributed by atoms with Gasteiger partial charge in [-0.25, -0.2) is 4.79 Å². The van der Waals surface area contributed by atoms with Crippen LogP contribution < -0.4 is 0 Å². The van der Waals surface area contributed by atoms with E-state index < -0.39 is 11.6 Å². The van der Waals surface area contributed by atoms with Gasteiger partial charge >= 0.3 is 5.97 Å². The summed E-state index contributed by atoms with van der Waals surface area (Å²) in [4.78, 5) is 28.9. The van der Waals surface area contributed by atoms with Crippen molar-refractivity contribution in [3.8, 4) is 0 Å². The Hall–Kier alpha value is -1.10. The van der Waals surface area contributed by atoms with Crippen LogP contribution in [0.1, 0.15) is 61.3 Å². The van der Waals surface area contributed by atoms with Crippen molar-refractivity contribution in [1.82, 2.24) is 9.80 Å². The molecule has 1 aliphatic heterocycles. The molecule has 0 N–H and O–H groups in total. The zero-order valence-electron chi connectivity index (χ0n) is 15.9. The second-order valence-electron chi connectivity index (χ2n) is 8.20. The van der Waals surface area contributed by atoms with E-state index in [0.29, 0.717) is 31.5 Å². The molecule has 1 aliphatic rings. The standard InChI is InChI=1S/C18H34N2O3/c1-13(2)11-19(14(3)4)12-16(21)20-10-8-9-15(20)17(22)23-18(5,6)7/h13-15H,8-12H2,1-7H3/t15-/m0/s1. The van der Waals surface area contributed by atoms with Crippen molar-refractivity contribution in [2.24, 2.45) is 5.92 Å². The molecule has 1 rings (SSSR count). The Morgan fingerprint density at radius 1 is 1.22 bits per heavy atom. The van der Waals surface area contributed by atoms with Crippen LogP contribution in [0.2, 0.25) is 0 Å². The maximum atomic E-state index is 12.7. The van der Waals surface area contributed by atoms with Crippen LogP contribution in [0.3, 0.4) is 0 Å². The van der Waals surface area contributed by atoms with Gasteiger partial charge in [-0.3, -0.25) is 9.69 Å². The molecule has 134 valence electrons. The van der Waals surface area contributed by atoms with E-state index in [4.69, 9.17) is 4.74 Å². The number of hydrogen-bond donors (Lipinski definition) is 0. The van der Waals surface area contributed by atoms with Crippen molar-refractivity contribution in [2.45, 2.75) is 79.0 Å². The lowest BCUT2D eigenvalue weighted by molar-refractivity contribution is -0.163. The second kappa shape index (κ2) is 8.13. The summed E-state index contributed by atoms with van der Waals surface area (Å²) in [5, 5.41) is 0. The molecule has 0 bridgehead atoms. The third-order valence-electron chi connectivity index (χ3n) is 3.92. The molecule has 5 heteroatoms. The molecule has 0 radical (unpaired) electrons. The summed E-state index contributed by atoms with van der Waals surface area (Å²) in [5.41, 5.74) is -0.518. The zero-order valence-corrected chi connectivity index (χ0v) is 15.9. The highest BCUT2D eigenvalue weighted by Gasteiger charge is 2.37. The molecule has 0 aromatic heterocycles. The Balaban J connectivity index is 2.71. The highest BCUT2D eigenvalue weighted by atomic mass is 16.6. The van der Waals surface area contributed by atoms with E-state index in [0.717, 1.165) is 13.0 Å². The maximum absolute atomic E-state index is 12.7. The first kappa shape index (κ1) is 19.9. The van der Waals surface area contributed by atoms with Gasteiger partial charge in [-0.2, -0.15) is 0 Å². The molecule has 0 spiro atoms. The number of rotatable bonds is 6. The normalized spacial score (nSPS) is 19.0. The fourth-order valence-electron chi connectivity index (χ4n) is 2.87. The number of esters is 1. The molecule has 23 heavy (non-hydrogen) atoms. The molecule has 1 heterocycles. The summed E-state index contributed by atoms with van der Waals surface area (Å²) >= 11 is 0. The van der Waals surface area contributed by atoms with Crippen LogP contribution in [-0.2, 0) is 14.3 Å². The number of likely N-dealkylation sites (tertiary alicyclic amines) is 1. The van der Waals surface area contributed by atoms with Crippen LogP contribution >= 0.6 is 0 Å². The van der Waals surface area contributed by atoms with Crippen molar-refractivity contribution in [1.29, 1.82) is 0 Å². The number of carbonyl (C=O) groups is 2. The largest absolute Gasteiger partial charge is 0.458 e. The average Bonchev–Trinajstić information content (AvgIpc) is 2.84. The maximum Gasteiger partial charge on any atom is 0.329 e. The summed E-state index contributed by atoms with van der Waals surface area (Å²) in [6.07, 6.45) is 1.56. The van der Waals surface area contributed by atoms with Crippen LogP contribution in [0.25, 0.3) is 0 Å². The quantitative estimate of drug-likeness (QED) is 0.704. The van der Waals surface area contributed by atoms with Gasteiger partial charge < -0.3 is 9.64 Å². The van der Waals surface area contributed by atoms with E-state index in [-0.39, 0.29) is 11.9 Å². The molecule has 0 aromatic carbocycles. The van der Waals surface area contributed by atoms with E-state index >= 15 is 0 Å². The van der Waals surface area contributed by atoms with Crippen molar-refractivity contribution in [2.75, 3.05) is 19.6 Å². The van der Waals surface area contributed by atoms with Gasteiger partial charge in [0.1, 0.15) is 11.6 Å². The van der Waals surface area contributed by atoms with E-state index in [1.54, 1.807) is 4.90 Å². The van der Waals surface area contributed by atoms with Crippen LogP contribution in [0.4, 0.5) is 0 Å². The van der Waals surface area contributed by atoms with Crippen molar-refractivity contribution < 1.29 is 14.3 Å². The first-order valence-electron chi connectivity index (χ1n) is 8.77. The Morgan fingerprint density at radius 2 is 1.83 bits per heavy atom. The molecule has 0 aliphatic carbocycles. The Bertz CT molecular complexity index is 413. The Labute approximate surface area is 141 Å². The minimum atomic E-state index is -0.518. The predicted octanol–water partition coefficient (Wildman–Crippen LogP) is 2.69. The molecule has 1 saturated heterocycles. The molecule has 1 fully saturated rings. The lowest BCUT2D eigenvalue weighted by Crippen LogP contribution is -2.49. The fourth-order valence-corrected chi connectivity index (χ4v) is 2.87. The second-order valence-corrected chi connectivity index (χ2v) is 8.20. The molecule has 0 aromatic rings. The topological polar surface area (TPSA) is 49.9 Å². The number of hydrogen-bond acceptors (Lipinski definition) is 4. The van der Waals surface area contributed by atoms with Gasteiger partial charge in [-0.1, -0.05) is 13.8 Å². The monoisotopic (exact) mass is 326 g/mol. The number of amides is 1. The van der Waals surface area contributed by atoms with Crippen LogP contribution in [-0.4, -0.2) is 59.0 Å². The summed E-state index contributed by atoms with van der Waals surface area (Å²) in [6, 6.07) is -0.112. The first-order chi connectivity index (χ1) is 10.5. The summed E-state index contributed by atoms with van der Waals surface area (Å²) in [5.74, 6) is 0.265. The fraction of sp³-hybridized carbons (Fsp3) is 0.889. The number of nitrogens with zero attached hydrogens (tertiary/aromatic N) is 2. The SMILES string of the molecule is CC(C)CN(CC(=O)N1CCC[C@H]1C(=O)OC(C)(C)C)C(C)C. The highest BCUT2D eigenvalue weighted by Crippen LogP contribution is 2.21.